The molecule has 2 aliphatic carbocycles. The van der Waals surface area contributed by atoms with Crippen LogP contribution < -0.4 is 14.8 Å². The Kier molecular flexibility index (Phi) is 11.4. The van der Waals surface area contributed by atoms with E-state index >= 15 is 0 Å². The molecular weight excluding hydrogens is 595 g/mol. The smallest absolute Gasteiger partial charge is 0.249 e. The summed E-state index contributed by atoms with van der Waals surface area (Å²) in [6.07, 6.45) is 4.31. The molecule has 0 bridgehead atoms. The molecule has 11 heteroatoms. The van der Waals surface area contributed by atoms with Crippen molar-refractivity contribution in [2.45, 2.75) is 69.4 Å². The molecule has 3 atom stereocenters. The van der Waals surface area contributed by atoms with E-state index in [0.717, 1.165) is 32.1 Å². The minimum Gasteiger partial charge on any atom is -0.493 e. The maximum atomic E-state index is 13.3. The Hall–Kier alpha value is -1.93. The number of aliphatic hydroxyl groups excluding tert-OH is 3. The second-order valence-electron chi connectivity index (χ2n) is 9.31. The summed E-state index contributed by atoms with van der Waals surface area (Å²) in [5.74, 6) is 0.113. The number of nitrogens with zero attached hydrogens (tertiary/aromatic N) is 1. The zero-order valence-corrected chi connectivity index (χ0v) is 23.5. The Balaban J connectivity index is 2.01. The van der Waals surface area contributed by atoms with Crippen molar-refractivity contribution in [3.05, 3.63) is 32.9 Å². The van der Waals surface area contributed by atoms with E-state index in [1.807, 2.05) is 0 Å². The molecule has 4 N–H and O–H groups in total. The third kappa shape index (κ3) is 7.34. The lowest BCUT2D eigenvalue weighted by molar-refractivity contribution is -0.147. The lowest BCUT2D eigenvalue weighted by atomic mass is 9.85. The van der Waals surface area contributed by atoms with Gasteiger partial charge in [0.15, 0.2) is 11.5 Å². The van der Waals surface area contributed by atoms with Gasteiger partial charge in [-0.3, -0.25) is 9.59 Å². The second-order valence-corrected chi connectivity index (χ2v) is 10.5. The third-order valence-corrected chi connectivity index (χ3v) is 7.62. The number of ether oxygens (including phenoxy) is 3. The van der Waals surface area contributed by atoms with Crippen molar-refractivity contribution in [3.8, 4) is 11.5 Å². The fourth-order valence-electron chi connectivity index (χ4n) is 5.08. The van der Waals surface area contributed by atoms with Gasteiger partial charge < -0.3 is 39.7 Å². The number of nitrogens with one attached hydrogen (secondary N) is 1. The molecule has 206 valence electrons. The standard InChI is InChI=1S/C26H37IN2O8/c1-35-15-23(32)29(18-6-4-3-5-7-18)20-12-17(26(34)28-8-9-30)13-21(24(20)33)37-25-19(27)10-16(14-31)11-22(25)36-2/h10-11,13,18,20-21,24,30-31,33H,3-9,12,14-15H2,1-2H3,(H,28,34). The van der Waals surface area contributed by atoms with Gasteiger partial charge >= 0.3 is 0 Å². The summed E-state index contributed by atoms with van der Waals surface area (Å²) in [7, 11) is 2.94. The van der Waals surface area contributed by atoms with Gasteiger partial charge in [0.25, 0.3) is 0 Å². The molecule has 0 aromatic heterocycles. The molecule has 2 aliphatic rings. The summed E-state index contributed by atoms with van der Waals surface area (Å²) < 4.78 is 17.6. The van der Waals surface area contributed by atoms with Crippen molar-refractivity contribution in [3.63, 3.8) is 0 Å². The fourth-order valence-corrected chi connectivity index (χ4v) is 5.87. The van der Waals surface area contributed by atoms with Crippen LogP contribution in [0.3, 0.4) is 0 Å². The van der Waals surface area contributed by atoms with Gasteiger partial charge in [0.1, 0.15) is 18.8 Å². The highest BCUT2D eigenvalue weighted by atomic mass is 127. The topological polar surface area (TPSA) is 138 Å². The molecule has 0 spiro atoms. The number of aliphatic hydroxyl groups is 3. The maximum Gasteiger partial charge on any atom is 0.249 e. The van der Waals surface area contributed by atoms with Gasteiger partial charge in [0.05, 0.1) is 29.9 Å². The van der Waals surface area contributed by atoms with Crippen molar-refractivity contribution in [1.82, 2.24) is 10.2 Å². The van der Waals surface area contributed by atoms with E-state index in [2.05, 4.69) is 27.9 Å². The van der Waals surface area contributed by atoms with Crippen LogP contribution >= 0.6 is 22.6 Å². The zero-order valence-electron chi connectivity index (χ0n) is 21.3. The van der Waals surface area contributed by atoms with Gasteiger partial charge in [-0.05, 0) is 59.2 Å². The second kappa shape index (κ2) is 14.3. The highest BCUT2D eigenvalue weighted by Gasteiger charge is 2.43. The molecule has 10 nitrogen and oxygen atoms in total. The molecule has 1 aromatic carbocycles. The molecular formula is C26H37IN2O8. The highest BCUT2D eigenvalue weighted by Crippen LogP contribution is 2.38. The molecule has 3 rings (SSSR count). The molecule has 1 saturated carbocycles. The third-order valence-electron chi connectivity index (χ3n) is 6.82. The number of carbonyl (C=O) groups is 2. The number of hydrogen-bond donors (Lipinski definition) is 4. The molecule has 37 heavy (non-hydrogen) atoms. The van der Waals surface area contributed by atoms with Crippen molar-refractivity contribution in [2.75, 3.05) is 34.0 Å². The Bertz CT molecular complexity index is 966. The van der Waals surface area contributed by atoms with Crippen LogP contribution in [0.15, 0.2) is 23.8 Å². The van der Waals surface area contributed by atoms with Crippen LogP contribution in [-0.2, 0) is 20.9 Å². The Morgan fingerprint density at radius 3 is 2.51 bits per heavy atom. The SMILES string of the molecule is COCC(=O)N(C1CCCCC1)C1CC(C(=O)NCCO)=CC(Oc2c(I)cc(CO)cc2OC)C1O. The van der Waals surface area contributed by atoms with Crippen LogP contribution in [0.4, 0.5) is 0 Å². The van der Waals surface area contributed by atoms with E-state index in [1.54, 1.807) is 23.1 Å². The number of carbonyl (C=O) groups excluding carboxylic acids is 2. The molecule has 0 saturated heterocycles. The number of benzene rings is 1. The normalized spacial score (nSPS) is 22.2. The van der Waals surface area contributed by atoms with Crippen LogP contribution in [0.1, 0.15) is 44.1 Å². The van der Waals surface area contributed by atoms with Gasteiger partial charge in [-0.15, -0.1) is 0 Å². The van der Waals surface area contributed by atoms with Gasteiger partial charge in [-0.1, -0.05) is 19.3 Å². The summed E-state index contributed by atoms with van der Waals surface area (Å²) >= 11 is 2.07. The summed E-state index contributed by atoms with van der Waals surface area (Å²) in [6.45, 7) is -0.431. The number of methoxy groups -OCH3 is 2. The zero-order chi connectivity index (χ0) is 26.9. The van der Waals surface area contributed by atoms with Crippen molar-refractivity contribution in [2.24, 2.45) is 0 Å². The van der Waals surface area contributed by atoms with Gasteiger partial charge in [-0.25, -0.2) is 0 Å². The van der Waals surface area contributed by atoms with E-state index < -0.39 is 18.2 Å². The van der Waals surface area contributed by atoms with Crippen molar-refractivity contribution in [1.29, 1.82) is 0 Å². The van der Waals surface area contributed by atoms with Crippen molar-refractivity contribution >= 4 is 34.4 Å². The Morgan fingerprint density at radius 2 is 1.89 bits per heavy atom. The minimum atomic E-state index is -1.13. The number of hydrogen-bond acceptors (Lipinski definition) is 8. The number of rotatable bonds is 11. The average Bonchev–Trinajstić information content (AvgIpc) is 2.90. The highest BCUT2D eigenvalue weighted by molar-refractivity contribution is 14.1. The predicted octanol–water partition coefficient (Wildman–Crippen LogP) is 1.52. The first-order valence-electron chi connectivity index (χ1n) is 12.6. The molecule has 1 aromatic rings. The molecule has 1 fully saturated rings. The van der Waals surface area contributed by atoms with Crippen LogP contribution in [0.5, 0.6) is 11.5 Å². The van der Waals surface area contributed by atoms with Gasteiger partial charge in [0.2, 0.25) is 11.8 Å². The number of amides is 2. The van der Waals surface area contributed by atoms with Crippen LogP contribution in [0.25, 0.3) is 0 Å². The maximum absolute atomic E-state index is 13.3. The molecule has 3 unspecified atom stereocenters. The first-order valence-corrected chi connectivity index (χ1v) is 13.6. The predicted molar refractivity (Wildman–Crippen MR) is 144 cm³/mol. The molecule has 2 amide bonds. The lowest BCUT2D eigenvalue weighted by Crippen LogP contribution is -2.59. The summed E-state index contributed by atoms with van der Waals surface area (Å²) in [5.41, 5.74) is 1.00. The average molecular weight is 632 g/mol. The van der Waals surface area contributed by atoms with Gasteiger partial charge in [0, 0.05) is 31.7 Å². The van der Waals surface area contributed by atoms with E-state index in [4.69, 9.17) is 14.2 Å². The number of halogens is 1. The summed E-state index contributed by atoms with van der Waals surface area (Å²) in [4.78, 5) is 27.9. The quantitative estimate of drug-likeness (QED) is 0.270. The van der Waals surface area contributed by atoms with E-state index in [1.165, 1.54) is 14.2 Å². The summed E-state index contributed by atoms with van der Waals surface area (Å²) in [5, 5.41) is 33.0. The fraction of sp³-hybridized carbons (Fsp3) is 0.615. The van der Waals surface area contributed by atoms with Gasteiger partial charge in [-0.2, -0.15) is 0 Å². The van der Waals surface area contributed by atoms with E-state index in [0.29, 0.717) is 26.2 Å². The van der Waals surface area contributed by atoms with E-state index in [9.17, 15) is 24.9 Å². The van der Waals surface area contributed by atoms with Crippen molar-refractivity contribution < 1.29 is 39.1 Å². The van der Waals surface area contributed by atoms with Crippen LogP contribution in [0.2, 0.25) is 0 Å². The first kappa shape index (κ1) is 29.6. The largest absolute Gasteiger partial charge is 0.493 e. The first-order chi connectivity index (χ1) is 17.8. The van der Waals surface area contributed by atoms with Crippen LogP contribution in [-0.4, -0.2) is 90.3 Å². The molecule has 0 radical (unpaired) electrons. The van der Waals surface area contributed by atoms with E-state index in [-0.39, 0.29) is 50.6 Å². The minimum absolute atomic E-state index is 0.0740. The Labute approximate surface area is 231 Å². The lowest BCUT2D eigenvalue weighted by Gasteiger charge is -2.45. The molecule has 0 heterocycles. The molecule has 0 aliphatic heterocycles. The van der Waals surface area contributed by atoms with Crippen LogP contribution in [0, 0.1) is 3.57 Å². The Morgan fingerprint density at radius 1 is 1.16 bits per heavy atom. The summed E-state index contributed by atoms with van der Waals surface area (Å²) in [6, 6.07) is 2.62. The monoisotopic (exact) mass is 632 g/mol.